The van der Waals surface area contributed by atoms with Gasteiger partial charge in [0, 0.05) is 39.1 Å². The Labute approximate surface area is 129 Å². The molecule has 120 valence electrons. The van der Waals surface area contributed by atoms with Crippen molar-refractivity contribution in [2.75, 3.05) is 33.4 Å². The summed E-state index contributed by atoms with van der Waals surface area (Å²) in [6.45, 7) is 4.04. The Balaban J connectivity index is 1.82. The predicted octanol–water partition coefficient (Wildman–Crippen LogP) is 1.07. The number of furan rings is 1. The number of carbonyl (C=O) groups excluding carboxylic acids is 2. The van der Waals surface area contributed by atoms with Crippen molar-refractivity contribution in [3.63, 3.8) is 0 Å². The van der Waals surface area contributed by atoms with Gasteiger partial charge in [0.15, 0.2) is 5.76 Å². The zero-order valence-corrected chi connectivity index (χ0v) is 13.1. The number of amides is 2. The lowest BCUT2D eigenvalue weighted by molar-refractivity contribution is -0.138. The van der Waals surface area contributed by atoms with Gasteiger partial charge >= 0.3 is 0 Å². The fraction of sp³-hybridized carbons (Fsp3) is 0.625. The van der Waals surface area contributed by atoms with Gasteiger partial charge in [0.1, 0.15) is 5.76 Å². The van der Waals surface area contributed by atoms with Crippen LogP contribution in [0.25, 0.3) is 0 Å². The van der Waals surface area contributed by atoms with Gasteiger partial charge in [0.2, 0.25) is 5.91 Å². The molecule has 0 saturated carbocycles. The van der Waals surface area contributed by atoms with Crippen LogP contribution in [0.2, 0.25) is 0 Å². The van der Waals surface area contributed by atoms with Crippen LogP contribution in [0.15, 0.2) is 16.5 Å². The van der Waals surface area contributed by atoms with Crippen LogP contribution in [0.5, 0.6) is 0 Å². The quantitative estimate of drug-likeness (QED) is 0.906. The third kappa shape index (κ3) is 2.31. The number of ether oxygens (including phenoxy) is 1. The molecule has 2 aliphatic heterocycles. The molecule has 2 atom stereocenters. The molecule has 2 saturated heterocycles. The predicted molar refractivity (Wildman–Crippen MR) is 79.4 cm³/mol. The van der Waals surface area contributed by atoms with E-state index in [1.165, 1.54) is 0 Å². The Hall–Kier alpha value is -1.82. The summed E-state index contributed by atoms with van der Waals surface area (Å²) < 4.78 is 11.1. The third-order valence-corrected chi connectivity index (χ3v) is 4.89. The number of hydrogen-bond acceptors (Lipinski definition) is 4. The van der Waals surface area contributed by atoms with Gasteiger partial charge < -0.3 is 19.4 Å². The molecule has 2 fully saturated rings. The second-order valence-electron chi connectivity index (χ2n) is 6.06. The minimum atomic E-state index is -0.525. The Morgan fingerprint density at radius 2 is 2.27 bits per heavy atom. The zero-order chi connectivity index (χ0) is 15.7. The van der Waals surface area contributed by atoms with E-state index in [0.29, 0.717) is 38.5 Å². The van der Waals surface area contributed by atoms with Gasteiger partial charge in [-0.1, -0.05) is 6.92 Å². The van der Waals surface area contributed by atoms with E-state index in [0.717, 1.165) is 12.2 Å². The molecule has 6 heteroatoms. The number of likely N-dealkylation sites (tertiary alicyclic amines) is 1. The fourth-order valence-corrected chi connectivity index (χ4v) is 3.56. The molecule has 3 rings (SSSR count). The standard InChI is InChI=1S/C16H22N2O4/c1-3-12-4-5-13(22-12)14(19)18-8-11-9-21-7-6-16(11,10-18)15(20)17-2/h4-5,11H,3,6-10H2,1-2H3,(H,17,20)/t11-,16+/m1/s1. The summed E-state index contributed by atoms with van der Waals surface area (Å²) in [5.41, 5.74) is -0.525. The molecular weight excluding hydrogens is 284 g/mol. The number of hydrogen-bond donors (Lipinski definition) is 1. The molecule has 2 aliphatic rings. The monoisotopic (exact) mass is 306 g/mol. The number of carbonyl (C=O) groups is 2. The molecule has 1 N–H and O–H groups in total. The highest BCUT2D eigenvalue weighted by Gasteiger charge is 2.54. The summed E-state index contributed by atoms with van der Waals surface area (Å²) in [5.74, 6) is 1.06. The largest absolute Gasteiger partial charge is 0.456 e. The number of nitrogens with one attached hydrogen (secondary N) is 1. The van der Waals surface area contributed by atoms with Crippen molar-refractivity contribution in [2.45, 2.75) is 19.8 Å². The van der Waals surface area contributed by atoms with Gasteiger partial charge in [-0.05, 0) is 18.6 Å². The fourth-order valence-electron chi connectivity index (χ4n) is 3.56. The molecule has 0 aliphatic carbocycles. The maximum Gasteiger partial charge on any atom is 0.289 e. The Kier molecular flexibility index (Phi) is 3.95. The summed E-state index contributed by atoms with van der Waals surface area (Å²) in [4.78, 5) is 26.8. The minimum absolute atomic E-state index is 0.00444. The van der Waals surface area contributed by atoms with E-state index >= 15 is 0 Å². The van der Waals surface area contributed by atoms with Crippen LogP contribution < -0.4 is 5.32 Å². The first-order chi connectivity index (χ1) is 10.6. The number of rotatable bonds is 3. The van der Waals surface area contributed by atoms with Crippen LogP contribution in [0.1, 0.15) is 29.7 Å². The molecule has 6 nitrogen and oxygen atoms in total. The average Bonchev–Trinajstić information content (AvgIpc) is 3.18. The van der Waals surface area contributed by atoms with Crippen LogP contribution in [0.3, 0.4) is 0 Å². The van der Waals surface area contributed by atoms with E-state index < -0.39 is 5.41 Å². The Bertz CT molecular complexity index is 582. The maximum absolute atomic E-state index is 12.6. The molecule has 2 amide bonds. The molecule has 1 aromatic heterocycles. The number of nitrogens with zero attached hydrogens (tertiary/aromatic N) is 1. The molecule has 0 unspecified atom stereocenters. The summed E-state index contributed by atoms with van der Waals surface area (Å²) in [6, 6.07) is 3.54. The summed E-state index contributed by atoms with van der Waals surface area (Å²) in [7, 11) is 1.65. The molecule has 22 heavy (non-hydrogen) atoms. The van der Waals surface area contributed by atoms with E-state index in [9.17, 15) is 9.59 Å². The van der Waals surface area contributed by atoms with Crippen molar-refractivity contribution in [1.29, 1.82) is 0 Å². The van der Waals surface area contributed by atoms with Crippen molar-refractivity contribution in [3.05, 3.63) is 23.7 Å². The van der Waals surface area contributed by atoms with Crippen molar-refractivity contribution in [2.24, 2.45) is 11.3 Å². The van der Waals surface area contributed by atoms with Gasteiger partial charge in [0.25, 0.3) is 5.91 Å². The summed E-state index contributed by atoms with van der Waals surface area (Å²) in [6.07, 6.45) is 1.41. The SMILES string of the molecule is CCc1ccc(C(=O)N2C[C@@H]3COCC[C@]3(C(=O)NC)C2)o1. The Morgan fingerprint density at radius 3 is 2.95 bits per heavy atom. The van der Waals surface area contributed by atoms with Crippen LogP contribution in [-0.2, 0) is 16.0 Å². The summed E-state index contributed by atoms with van der Waals surface area (Å²) in [5, 5.41) is 2.75. The van der Waals surface area contributed by atoms with Gasteiger partial charge in [0.05, 0.1) is 12.0 Å². The van der Waals surface area contributed by atoms with E-state index in [-0.39, 0.29) is 17.7 Å². The normalized spacial score (nSPS) is 27.5. The average molecular weight is 306 g/mol. The lowest BCUT2D eigenvalue weighted by Gasteiger charge is -2.36. The molecule has 0 aromatic carbocycles. The van der Waals surface area contributed by atoms with Crippen molar-refractivity contribution < 1.29 is 18.7 Å². The lowest BCUT2D eigenvalue weighted by Crippen LogP contribution is -2.49. The number of aryl methyl sites for hydroxylation is 1. The van der Waals surface area contributed by atoms with Gasteiger partial charge in [-0.15, -0.1) is 0 Å². The lowest BCUT2D eigenvalue weighted by atomic mass is 9.73. The van der Waals surface area contributed by atoms with Gasteiger partial charge in [-0.25, -0.2) is 0 Å². The van der Waals surface area contributed by atoms with Crippen molar-refractivity contribution >= 4 is 11.8 Å². The third-order valence-electron chi connectivity index (χ3n) is 4.89. The zero-order valence-electron chi connectivity index (χ0n) is 13.1. The smallest absolute Gasteiger partial charge is 0.289 e. The molecule has 3 heterocycles. The molecule has 0 spiro atoms. The molecule has 0 bridgehead atoms. The van der Waals surface area contributed by atoms with E-state index in [1.807, 2.05) is 13.0 Å². The Morgan fingerprint density at radius 1 is 1.45 bits per heavy atom. The highest BCUT2D eigenvalue weighted by molar-refractivity contribution is 5.93. The first kappa shape index (κ1) is 15.1. The second-order valence-corrected chi connectivity index (χ2v) is 6.06. The molecule has 1 aromatic rings. The van der Waals surface area contributed by atoms with E-state index in [2.05, 4.69) is 5.32 Å². The first-order valence-electron chi connectivity index (χ1n) is 7.78. The molecule has 0 radical (unpaired) electrons. The van der Waals surface area contributed by atoms with Crippen molar-refractivity contribution in [3.8, 4) is 0 Å². The van der Waals surface area contributed by atoms with E-state index in [1.54, 1.807) is 18.0 Å². The summed E-state index contributed by atoms with van der Waals surface area (Å²) >= 11 is 0. The highest BCUT2D eigenvalue weighted by Crippen LogP contribution is 2.42. The van der Waals surface area contributed by atoms with Gasteiger partial charge in [-0.2, -0.15) is 0 Å². The minimum Gasteiger partial charge on any atom is -0.456 e. The van der Waals surface area contributed by atoms with Crippen LogP contribution in [0.4, 0.5) is 0 Å². The first-order valence-corrected chi connectivity index (χ1v) is 7.78. The van der Waals surface area contributed by atoms with Gasteiger partial charge in [-0.3, -0.25) is 9.59 Å². The molecular formula is C16H22N2O4. The van der Waals surface area contributed by atoms with Crippen molar-refractivity contribution in [1.82, 2.24) is 10.2 Å². The highest BCUT2D eigenvalue weighted by atomic mass is 16.5. The topological polar surface area (TPSA) is 71.8 Å². The second kappa shape index (κ2) is 5.76. The van der Waals surface area contributed by atoms with Crippen LogP contribution in [-0.4, -0.2) is 50.1 Å². The van der Waals surface area contributed by atoms with Crippen LogP contribution in [0, 0.1) is 11.3 Å². The number of fused-ring (bicyclic) bond motifs is 1. The maximum atomic E-state index is 12.6. The van der Waals surface area contributed by atoms with Crippen LogP contribution >= 0.6 is 0 Å². The van der Waals surface area contributed by atoms with E-state index in [4.69, 9.17) is 9.15 Å².